The number of hydrogen-bond acceptors (Lipinski definition) is 6. The zero-order valence-electron chi connectivity index (χ0n) is 12.3. The third kappa shape index (κ3) is 5.29. The van der Waals surface area contributed by atoms with E-state index in [1.165, 1.54) is 14.0 Å². The molecule has 0 aliphatic carbocycles. The molecule has 2 atom stereocenters. The van der Waals surface area contributed by atoms with Crippen molar-refractivity contribution in [1.29, 1.82) is 0 Å². The summed E-state index contributed by atoms with van der Waals surface area (Å²) < 4.78 is 51.5. The highest BCUT2D eigenvalue weighted by molar-refractivity contribution is 7.95. The summed E-state index contributed by atoms with van der Waals surface area (Å²) in [5.74, 6) is -0.162. The lowest BCUT2D eigenvalue weighted by atomic mass is 10.1. The molecule has 0 fully saturated rings. The van der Waals surface area contributed by atoms with E-state index in [4.69, 9.17) is 10.5 Å². The van der Waals surface area contributed by atoms with Crippen LogP contribution in [0.4, 0.5) is 0 Å². The first-order chi connectivity index (χ1) is 9.57. The van der Waals surface area contributed by atoms with Crippen LogP contribution in [0.1, 0.15) is 18.5 Å². The number of sulfone groups is 2. The molecular weight excluding hydrogens is 314 g/mol. The Morgan fingerprint density at radius 1 is 1.10 bits per heavy atom. The molecule has 0 amide bonds. The molecule has 0 heterocycles. The van der Waals surface area contributed by atoms with E-state index in [9.17, 15) is 16.8 Å². The van der Waals surface area contributed by atoms with Crippen LogP contribution in [-0.2, 0) is 19.7 Å². The summed E-state index contributed by atoms with van der Waals surface area (Å²) in [4.78, 5) is 0. The van der Waals surface area contributed by atoms with Gasteiger partial charge in [-0.15, -0.1) is 0 Å². The van der Waals surface area contributed by atoms with Gasteiger partial charge in [-0.05, 0) is 24.6 Å². The second kappa shape index (κ2) is 6.76. The molecule has 0 saturated heterocycles. The molecule has 8 heteroatoms. The summed E-state index contributed by atoms with van der Waals surface area (Å²) in [5.41, 5.74) is 6.64. The lowest BCUT2D eigenvalue weighted by molar-refractivity contribution is 0.414. The minimum atomic E-state index is -3.59. The van der Waals surface area contributed by atoms with Crippen molar-refractivity contribution < 1.29 is 21.6 Å². The molecule has 21 heavy (non-hydrogen) atoms. The van der Waals surface area contributed by atoms with E-state index < -0.39 is 42.5 Å². The highest BCUT2D eigenvalue weighted by Gasteiger charge is 2.28. The van der Waals surface area contributed by atoms with Crippen molar-refractivity contribution in [2.24, 2.45) is 5.73 Å². The molecule has 0 bridgehead atoms. The van der Waals surface area contributed by atoms with Gasteiger partial charge in [0.25, 0.3) is 0 Å². The predicted molar refractivity (Wildman–Crippen MR) is 82.9 cm³/mol. The van der Waals surface area contributed by atoms with Gasteiger partial charge in [-0.3, -0.25) is 0 Å². The first-order valence-corrected chi connectivity index (χ1v) is 10.1. The van der Waals surface area contributed by atoms with Gasteiger partial charge in [-0.25, -0.2) is 16.8 Å². The summed E-state index contributed by atoms with van der Waals surface area (Å²) in [6.45, 7) is 1.49. The number of benzene rings is 1. The van der Waals surface area contributed by atoms with E-state index in [0.717, 1.165) is 6.26 Å². The molecule has 0 saturated carbocycles. The molecule has 6 nitrogen and oxygen atoms in total. The molecule has 1 rings (SSSR count). The summed E-state index contributed by atoms with van der Waals surface area (Å²) in [6, 6.07) is 6.08. The van der Waals surface area contributed by atoms with Crippen LogP contribution in [0.5, 0.6) is 5.75 Å². The fourth-order valence-corrected chi connectivity index (χ4v) is 4.89. The number of hydrogen-bond donors (Lipinski definition) is 1. The van der Waals surface area contributed by atoms with E-state index in [0.29, 0.717) is 11.3 Å². The molecule has 120 valence electrons. The smallest absolute Gasteiger partial charge is 0.155 e. The van der Waals surface area contributed by atoms with Crippen LogP contribution >= 0.6 is 0 Å². The Bertz CT molecular complexity index is 665. The monoisotopic (exact) mass is 335 g/mol. The van der Waals surface area contributed by atoms with Crippen LogP contribution in [0.2, 0.25) is 0 Å². The Labute approximate surface area is 126 Å². The van der Waals surface area contributed by atoms with Gasteiger partial charge in [0.2, 0.25) is 0 Å². The van der Waals surface area contributed by atoms with Crippen LogP contribution in [0.15, 0.2) is 24.3 Å². The molecule has 0 aliphatic rings. The van der Waals surface area contributed by atoms with Crippen molar-refractivity contribution in [3.05, 3.63) is 29.8 Å². The molecule has 0 aliphatic heterocycles. The van der Waals surface area contributed by atoms with Gasteiger partial charge in [0.15, 0.2) is 9.84 Å². The Balaban J connectivity index is 2.87. The van der Waals surface area contributed by atoms with Crippen molar-refractivity contribution in [3.63, 3.8) is 0 Å². The first-order valence-electron chi connectivity index (χ1n) is 6.35. The van der Waals surface area contributed by atoms with Crippen LogP contribution in [0, 0.1) is 0 Å². The fourth-order valence-electron chi connectivity index (χ4n) is 1.77. The fraction of sp³-hybridized carbons (Fsp3) is 0.538. The standard InChI is InChI=1S/C13H21NO5S2/c1-10(21(17,18)9-8-20(3,15)16)13(14)11-4-6-12(19-2)7-5-11/h4-7,10,13H,8-9,14H2,1-3H3. The van der Waals surface area contributed by atoms with E-state index in [2.05, 4.69) is 0 Å². The molecule has 1 aromatic rings. The van der Waals surface area contributed by atoms with E-state index in [1.54, 1.807) is 24.3 Å². The zero-order valence-corrected chi connectivity index (χ0v) is 13.9. The number of methoxy groups -OCH3 is 1. The Kier molecular flexibility index (Phi) is 5.77. The van der Waals surface area contributed by atoms with Crippen LogP contribution < -0.4 is 10.5 Å². The van der Waals surface area contributed by atoms with Gasteiger partial charge in [0.1, 0.15) is 15.6 Å². The molecule has 0 aromatic heterocycles. The summed E-state index contributed by atoms with van der Waals surface area (Å²) in [6.07, 6.45) is 1.01. The second-order valence-electron chi connectivity index (χ2n) is 5.00. The average molecular weight is 335 g/mol. The number of ether oxygens (including phenoxy) is 1. The SMILES string of the molecule is COc1ccc(C(N)C(C)S(=O)(=O)CCS(C)(=O)=O)cc1. The predicted octanol–water partition coefficient (Wildman–Crippen LogP) is 0.543. The lowest BCUT2D eigenvalue weighted by Crippen LogP contribution is -2.34. The lowest BCUT2D eigenvalue weighted by Gasteiger charge is -2.20. The molecule has 1 aromatic carbocycles. The maximum Gasteiger partial charge on any atom is 0.155 e. The first kappa shape index (κ1) is 17.9. The Hall–Kier alpha value is -1.12. The summed E-state index contributed by atoms with van der Waals surface area (Å²) >= 11 is 0. The molecule has 0 spiro atoms. The third-order valence-corrected chi connectivity index (χ3v) is 6.71. The second-order valence-corrected chi connectivity index (χ2v) is 9.74. The van der Waals surface area contributed by atoms with Crippen molar-refractivity contribution >= 4 is 19.7 Å². The number of rotatable bonds is 7. The van der Waals surface area contributed by atoms with E-state index >= 15 is 0 Å². The van der Waals surface area contributed by atoms with Gasteiger partial charge in [-0.1, -0.05) is 12.1 Å². The Morgan fingerprint density at radius 2 is 1.62 bits per heavy atom. The maximum absolute atomic E-state index is 12.1. The number of nitrogens with two attached hydrogens (primary N) is 1. The summed E-state index contributed by atoms with van der Waals surface area (Å²) in [5, 5.41) is -0.868. The topological polar surface area (TPSA) is 104 Å². The van der Waals surface area contributed by atoms with Crippen molar-refractivity contribution in [2.75, 3.05) is 24.9 Å². The largest absolute Gasteiger partial charge is 0.497 e. The Morgan fingerprint density at radius 3 is 2.05 bits per heavy atom. The van der Waals surface area contributed by atoms with E-state index in [-0.39, 0.29) is 0 Å². The molecule has 2 unspecified atom stereocenters. The van der Waals surface area contributed by atoms with Crippen molar-refractivity contribution in [3.8, 4) is 5.75 Å². The van der Waals surface area contributed by atoms with Gasteiger partial charge in [0.05, 0.1) is 23.9 Å². The van der Waals surface area contributed by atoms with Crippen molar-refractivity contribution in [1.82, 2.24) is 0 Å². The highest BCUT2D eigenvalue weighted by Crippen LogP contribution is 2.22. The van der Waals surface area contributed by atoms with Crippen LogP contribution in [0.3, 0.4) is 0 Å². The highest BCUT2D eigenvalue weighted by atomic mass is 32.2. The van der Waals surface area contributed by atoms with Gasteiger partial charge in [0, 0.05) is 12.3 Å². The van der Waals surface area contributed by atoms with Gasteiger partial charge in [-0.2, -0.15) is 0 Å². The molecule has 0 radical (unpaired) electrons. The molecule has 2 N–H and O–H groups in total. The molecular formula is C13H21NO5S2. The third-order valence-electron chi connectivity index (χ3n) is 3.31. The summed E-state index contributed by atoms with van der Waals surface area (Å²) in [7, 11) is -5.38. The minimum Gasteiger partial charge on any atom is -0.497 e. The average Bonchev–Trinajstić information content (AvgIpc) is 2.43. The zero-order chi connectivity index (χ0) is 16.3. The van der Waals surface area contributed by atoms with E-state index in [1.807, 2.05) is 0 Å². The minimum absolute atomic E-state index is 0.394. The van der Waals surface area contributed by atoms with Gasteiger partial charge < -0.3 is 10.5 Å². The quantitative estimate of drug-likeness (QED) is 0.780. The normalized spacial score (nSPS) is 15.4. The van der Waals surface area contributed by atoms with Crippen LogP contribution in [-0.4, -0.2) is 47.0 Å². The van der Waals surface area contributed by atoms with Crippen LogP contribution in [0.25, 0.3) is 0 Å². The maximum atomic E-state index is 12.1. The van der Waals surface area contributed by atoms with Gasteiger partial charge >= 0.3 is 0 Å². The van der Waals surface area contributed by atoms with Crippen molar-refractivity contribution in [2.45, 2.75) is 18.2 Å².